The second kappa shape index (κ2) is 5.53. The topological polar surface area (TPSA) is 78.4 Å². The molecule has 0 bridgehead atoms. The van der Waals surface area contributed by atoms with Gasteiger partial charge in [0, 0.05) is 11.1 Å². The first-order valence-corrected chi connectivity index (χ1v) is 5.66. The fraction of sp³-hybridized carbons (Fsp3) is 0.385. The normalized spacial score (nSPS) is 10.8. The molecule has 5 heteroatoms. The third-order valence-electron chi connectivity index (χ3n) is 2.05. The molecule has 0 spiro atoms. The summed E-state index contributed by atoms with van der Waals surface area (Å²) in [5.74, 6) is -0.495. The van der Waals surface area contributed by atoms with Crippen LogP contribution >= 0.6 is 0 Å². The van der Waals surface area contributed by atoms with E-state index in [0.717, 1.165) is 0 Å². The molecular weight excluding hydrogens is 232 g/mol. The van der Waals surface area contributed by atoms with Crippen molar-refractivity contribution in [2.24, 2.45) is 0 Å². The quantitative estimate of drug-likeness (QED) is 0.750. The predicted octanol–water partition coefficient (Wildman–Crippen LogP) is 1.04. The van der Waals surface area contributed by atoms with Crippen molar-refractivity contribution in [1.82, 2.24) is 10.6 Å². The van der Waals surface area contributed by atoms with Gasteiger partial charge in [0.25, 0.3) is 5.91 Å². The number of benzene rings is 1. The Balaban J connectivity index is 2.47. The number of hydrogen-bond acceptors (Lipinski definition) is 3. The van der Waals surface area contributed by atoms with Crippen molar-refractivity contribution in [1.29, 1.82) is 0 Å². The summed E-state index contributed by atoms with van der Waals surface area (Å²) in [6, 6.07) is 5.83. The van der Waals surface area contributed by atoms with Crippen molar-refractivity contribution < 1.29 is 14.7 Å². The minimum atomic E-state index is -0.348. The van der Waals surface area contributed by atoms with E-state index < -0.39 is 0 Å². The first-order valence-electron chi connectivity index (χ1n) is 5.66. The molecule has 18 heavy (non-hydrogen) atoms. The van der Waals surface area contributed by atoms with E-state index in [1.807, 2.05) is 20.8 Å². The van der Waals surface area contributed by atoms with Gasteiger partial charge in [-0.2, -0.15) is 0 Å². The van der Waals surface area contributed by atoms with E-state index in [4.69, 9.17) is 5.11 Å². The number of phenolic OH excluding ortho intramolecular Hbond substituents is 1. The van der Waals surface area contributed by atoms with E-state index in [1.165, 1.54) is 24.3 Å². The molecule has 0 saturated carbocycles. The summed E-state index contributed by atoms with van der Waals surface area (Å²) in [5.41, 5.74) is 0.0803. The van der Waals surface area contributed by atoms with Crippen LogP contribution in [0.2, 0.25) is 0 Å². The maximum Gasteiger partial charge on any atom is 0.251 e. The maximum atomic E-state index is 11.7. The average molecular weight is 250 g/mol. The van der Waals surface area contributed by atoms with Gasteiger partial charge in [-0.15, -0.1) is 0 Å². The molecule has 0 heterocycles. The lowest BCUT2D eigenvalue weighted by Gasteiger charge is -2.20. The molecule has 1 aromatic rings. The van der Waals surface area contributed by atoms with Crippen LogP contribution in [0.1, 0.15) is 31.1 Å². The Labute approximate surface area is 106 Å². The van der Waals surface area contributed by atoms with Crippen LogP contribution in [0.4, 0.5) is 0 Å². The Morgan fingerprint density at radius 3 is 2.22 bits per heavy atom. The average Bonchev–Trinajstić information content (AvgIpc) is 2.24. The number of carbonyl (C=O) groups excluding carboxylic acids is 2. The van der Waals surface area contributed by atoms with Gasteiger partial charge >= 0.3 is 0 Å². The van der Waals surface area contributed by atoms with Crippen molar-refractivity contribution in [3.63, 3.8) is 0 Å². The van der Waals surface area contributed by atoms with E-state index >= 15 is 0 Å². The van der Waals surface area contributed by atoms with Crippen molar-refractivity contribution >= 4 is 11.8 Å². The number of rotatable bonds is 3. The van der Waals surface area contributed by atoms with Crippen LogP contribution in [0, 0.1) is 0 Å². The van der Waals surface area contributed by atoms with Gasteiger partial charge in [0.1, 0.15) is 5.75 Å². The minimum Gasteiger partial charge on any atom is -0.508 e. The third kappa shape index (κ3) is 4.86. The lowest BCUT2D eigenvalue weighted by atomic mass is 10.1. The van der Waals surface area contributed by atoms with Gasteiger partial charge in [0.2, 0.25) is 5.91 Å². The Hall–Kier alpha value is -2.04. The van der Waals surface area contributed by atoms with Gasteiger partial charge in [-0.1, -0.05) is 0 Å². The zero-order valence-electron chi connectivity index (χ0n) is 10.8. The van der Waals surface area contributed by atoms with Crippen LogP contribution in [0.25, 0.3) is 0 Å². The van der Waals surface area contributed by atoms with Crippen LogP contribution in [-0.2, 0) is 4.79 Å². The fourth-order valence-electron chi connectivity index (χ4n) is 1.34. The molecule has 0 aromatic heterocycles. The molecule has 98 valence electrons. The van der Waals surface area contributed by atoms with E-state index in [2.05, 4.69) is 10.6 Å². The lowest BCUT2D eigenvalue weighted by molar-refractivity contribution is -0.121. The molecule has 0 aliphatic heterocycles. The summed E-state index contributed by atoms with van der Waals surface area (Å²) < 4.78 is 0. The SMILES string of the molecule is CC(C)(C)NC(=O)CNC(=O)c1ccc(O)cc1. The highest BCUT2D eigenvalue weighted by Crippen LogP contribution is 2.09. The van der Waals surface area contributed by atoms with Crippen molar-refractivity contribution in [3.05, 3.63) is 29.8 Å². The first-order chi connectivity index (χ1) is 8.28. The van der Waals surface area contributed by atoms with E-state index in [0.29, 0.717) is 5.56 Å². The number of phenols is 1. The molecule has 0 aliphatic carbocycles. The second-order valence-corrected chi connectivity index (χ2v) is 5.03. The monoisotopic (exact) mass is 250 g/mol. The van der Waals surface area contributed by atoms with Crippen molar-refractivity contribution in [2.75, 3.05) is 6.54 Å². The van der Waals surface area contributed by atoms with Gasteiger partial charge in [0.15, 0.2) is 0 Å². The smallest absolute Gasteiger partial charge is 0.251 e. The van der Waals surface area contributed by atoms with Crippen LogP contribution in [0.15, 0.2) is 24.3 Å². The molecule has 0 unspecified atom stereocenters. The zero-order chi connectivity index (χ0) is 13.8. The van der Waals surface area contributed by atoms with Crippen LogP contribution < -0.4 is 10.6 Å². The molecular formula is C13H18N2O3. The standard InChI is InChI=1S/C13H18N2O3/c1-13(2,3)15-11(17)8-14-12(18)9-4-6-10(16)7-5-9/h4-7,16H,8H2,1-3H3,(H,14,18)(H,15,17). The molecule has 0 radical (unpaired) electrons. The lowest BCUT2D eigenvalue weighted by Crippen LogP contribution is -2.45. The first kappa shape index (κ1) is 14.0. The highest BCUT2D eigenvalue weighted by molar-refractivity contribution is 5.96. The van der Waals surface area contributed by atoms with Gasteiger partial charge in [-0.05, 0) is 45.0 Å². The summed E-state index contributed by atoms with van der Waals surface area (Å²) in [7, 11) is 0. The van der Waals surface area contributed by atoms with E-state index in [1.54, 1.807) is 0 Å². The Morgan fingerprint density at radius 2 is 1.72 bits per heavy atom. The van der Waals surface area contributed by atoms with E-state index in [9.17, 15) is 9.59 Å². The predicted molar refractivity (Wildman–Crippen MR) is 68.3 cm³/mol. The molecule has 0 saturated heterocycles. The third-order valence-corrected chi connectivity index (χ3v) is 2.05. The second-order valence-electron chi connectivity index (χ2n) is 5.03. The van der Waals surface area contributed by atoms with Gasteiger partial charge in [-0.3, -0.25) is 9.59 Å². The van der Waals surface area contributed by atoms with E-state index in [-0.39, 0.29) is 29.6 Å². The summed E-state index contributed by atoms with van der Waals surface area (Å²) >= 11 is 0. The van der Waals surface area contributed by atoms with Crippen molar-refractivity contribution in [2.45, 2.75) is 26.3 Å². The summed E-state index contributed by atoms with van der Waals surface area (Å²) in [4.78, 5) is 23.1. The Morgan fingerprint density at radius 1 is 1.17 bits per heavy atom. The van der Waals surface area contributed by atoms with Crippen LogP contribution in [0.3, 0.4) is 0 Å². The maximum absolute atomic E-state index is 11.7. The number of nitrogens with one attached hydrogen (secondary N) is 2. The van der Waals surface area contributed by atoms with Gasteiger partial charge in [0.05, 0.1) is 6.54 Å². The fourth-order valence-corrected chi connectivity index (χ4v) is 1.34. The van der Waals surface area contributed by atoms with Crippen LogP contribution in [-0.4, -0.2) is 29.0 Å². The molecule has 0 aliphatic rings. The summed E-state index contributed by atoms with van der Waals surface area (Å²) in [5, 5.41) is 14.3. The summed E-state index contributed by atoms with van der Waals surface area (Å²) in [6.45, 7) is 5.53. The molecule has 0 atom stereocenters. The van der Waals surface area contributed by atoms with Crippen LogP contribution in [0.5, 0.6) is 5.75 Å². The highest BCUT2D eigenvalue weighted by atomic mass is 16.3. The highest BCUT2D eigenvalue weighted by Gasteiger charge is 2.14. The van der Waals surface area contributed by atoms with Crippen molar-refractivity contribution in [3.8, 4) is 5.75 Å². The molecule has 1 rings (SSSR count). The Bertz CT molecular complexity index is 433. The number of carbonyl (C=O) groups is 2. The molecule has 2 amide bonds. The molecule has 1 aromatic carbocycles. The Kier molecular flexibility index (Phi) is 4.31. The molecule has 5 nitrogen and oxygen atoms in total. The largest absolute Gasteiger partial charge is 0.508 e. The molecule has 0 fully saturated rings. The number of aromatic hydroxyl groups is 1. The molecule has 3 N–H and O–H groups in total. The zero-order valence-corrected chi connectivity index (χ0v) is 10.8. The number of hydrogen-bond donors (Lipinski definition) is 3. The minimum absolute atomic E-state index is 0.0724. The van der Waals surface area contributed by atoms with Gasteiger partial charge < -0.3 is 15.7 Å². The number of amides is 2. The van der Waals surface area contributed by atoms with Gasteiger partial charge in [-0.25, -0.2) is 0 Å². The summed E-state index contributed by atoms with van der Waals surface area (Å²) in [6.07, 6.45) is 0.